The molecule has 0 unspecified atom stereocenters. The van der Waals surface area contributed by atoms with Gasteiger partial charge in [0.25, 0.3) is 0 Å². The van der Waals surface area contributed by atoms with Gasteiger partial charge in [0.1, 0.15) is 11.7 Å². The molecule has 1 fully saturated rings. The molecule has 4 aromatic carbocycles. The highest BCUT2D eigenvalue weighted by Gasteiger charge is 2.61. The molecular formula is C31H30N2O4S. The van der Waals surface area contributed by atoms with E-state index in [-0.39, 0.29) is 11.3 Å². The third-order valence-electron chi connectivity index (χ3n) is 7.07. The summed E-state index contributed by atoms with van der Waals surface area (Å²) in [5, 5.41) is 3.48. The fraction of sp³-hybridized carbons (Fsp3) is 0.194. The van der Waals surface area contributed by atoms with Crippen LogP contribution < -0.4 is 5.32 Å². The molecule has 3 atom stereocenters. The molecule has 0 saturated carbocycles. The van der Waals surface area contributed by atoms with Gasteiger partial charge in [0.05, 0.1) is 18.0 Å². The van der Waals surface area contributed by atoms with Gasteiger partial charge in [0, 0.05) is 6.42 Å². The summed E-state index contributed by atoms with van der Waals surface area (Å²) in [5.74, 6) is -0.530. The Morgan fingerprint density at radius 2 is 1.34 bits per heavy atom. The predicted molar refractivity (Wildman–Crippen MR) is 147 cm³/mol. The molecule has 4 aromatic rings. The second-order valence-corrected chi connectivity index (χ2v) is 11.4. The van der Waals surface area contributed by atoms with Gasteiger partial charge in [-0.1, -0.05) is 109 Å². The average molecular weight is 527 g/mol. The number of carbonyl (C=O) groups is 1. The summed E-state index contributed by atoms with van der Waals surface area (Å²) >= 11 is 0. The second kappa shape index (κ2) is 10.5. The van der Waals surface area contributed by atoms with Gasteiger partial charge in [-0.2, -0.15) is 4.31 Å². The van der Waals surface area contributed by atoms with Gasteiger partial charge in [-0.3, -0.25) is 5.32 Å². The van der Waals surface area contributed by atoms with Crippen molar-refractivity contribution in [3.05, 3.63) is 138 Å². The van der Waals surface area contributed by atoms with E-state index < -0.39 is 33.7 Å². The zero-order valence-electron chi connectivity index (χ0n) is 21.3. The van der Waals surface area contributed by atoms with Crippen LogP contribution in [0.5, 0.6) is 0 Å². The number of methoxy groups -OCH3 is 1. The highest BCUT2D eigenvalue weighted by Crippen LogP contribution is 2.49. The SMILES string of the molecule is COC(=O)[C@@]1(Cc2ccccc2)N[C@H](c2ccccc2)N(S(=O)(=O)c2ccc(C)cc2)[C@@H]1c1ccccc1. The van der Waals surface area contributed by atoms with E-state index in [4.69, 9.17) is 4.74 Å². The first-order valence-corrected chi connectivity index (χ1v) is 13.9. The lowest BCUT2D eigenvalue weighted by Crippen LogP contribution is -2.54. The van der Waals surface area contributed by atoms with Crippen molar-refractivity contribution in [2.24, 2.45) is 0 Å². The number of esters is 1. The van der Waals surface area contributed by atoms with Gasteiger partial charge >= 0.3 is 5.97 Å². The Kier molecular flexibility index (Phi) is 7.17. The van der Waals surface area contributed by atoms with Crippen LogP contribution in [0.25, 0.3) is 0 Å². The van der Waals surface area contributed by atoms with Gasteiger partial charge < -0.3 is 4.74 Å². The van der Waals surface area contributed by atoms with E-state index in [1.165, 1.54) is 11.4 Å². The molecule has 1 saturated heterocycles. The molecule has 5 rings (SSSR count). The first-order valence-electron chi connectivity index (χ1n) is 12.5. The molecule has 6 nitrogen and oxygen atoms in total. The minimum absolute atomic E-state index is 0.159. The molecule has 1 aliphatic rings. The number of hydrogen-bond donors (Lipinski definition) is 1. The molecular weight excluding hydrogens is 496 g/mol. The Hall–Kier alpha value is -3.78. The summed E-state index contributed by atoms with van der Waals surface area (Å²) in [6, 6.07) is 34.1. The summed E-state index contributed by atoms with van der Waals surface area (Å²) in [6.07, 6.45) is -0.598. The third kappa shape index (κ3) is 4.65. The minimum Gasteiger partial charge on any atom is -0.468 e. The summed E-state index contributed by atoms with van der Waals surface area (Å²) in [5.41, 5.74) is 1.84. The number of aryl methyl sites for hydroxylation is 1. The van der Waals surface area contributed by atoms with Crippen LogP contribution in [-0.4, -0.2) is 31.3 Å². The van der Waals surface area contributed by atoms with Crippen molar-refractivity contribution in [1.29, 1.82) is 0 Å². The monoisotopic (exact) mass is 526 g/mol. The van der Waals surface area contributed by atoms with E-state index in [0.717, 1.165) is 16.7 Å². The van der Waals surface area contributed by atoms with E-state index in [2.05, 4.69) is 5.32 Å². The van der Waals surface area contributed by atoms with Crippen LogP contribution in [0.2, 0.25) is 0 Å². The highest BCUT2D eigenvalue weighted by molar-refractivity contribution is 7.89. The van der Waals surface area contributed by atoms with E-state index in [1.807, 2.05) is 97.9 Å². The van der Waals surface area contributed by atoms with Crippen molar-refractivity contribution in [3.63, 3.8) is 0 Å². The van der Waals surface area contributed by atoms with E-state index in [9.17, 15) is 13.2 Å². The lowest BCUT2D eigenvalue weighted by molar-refractivity contribution is -0.149. The second-order valence-electron chi connectivity index (χ2n) is 9.54. The van der Waals surface area contributed by atoms with Crippen molar-refractivity contribution in [2.75, 3.05) is 7.11 Å². The van der Waals surface area contributed by atoms with Crippen LogP contribution in [0.15, 0.2) is 120 Å². The first kappa shape index (κ1) is 25.9. The number of nitrogens with one attached hydrogen (secondary N) is 1. The standard InChI is InChI=1S/C31H30N2O4S/c1-23-18-20-27(21-19-23)38(35,36)33-28(25-14-8-4-9-15-25)31(30(34)37-2,22-24-12-6-3-7-13-24)32-29(33)26-16-10-5-11-17-26/h3-21,28-29,32H,22H2,1-2H3/t28-,29+,31+/m1/s1. The number of carbonyl (C=O) groups excluding carboxylic acids is 1. The molecule has 0 bridgehead atoms. The lowest BCUT2D eigenvalue weighted by Gasteiger charge is -2.35. The third-order valence-corrected chi connectivity index (χ3v) is 8.92. The molecule has 7 heteroatoms. The summed E-state index contributed by atoms with van der Waals surface area (Å²) in [6.45, 7) is 1.91. The molecule has 194 valence electrons. The Morgan fingerprint density at radius 1 is 0.816 bits per heavy atom. The molecule has 38 heavy (non-hydrogen) atoms. The molecule has 0 amide bonds. The smallest absolute Gasteiger partial charge is 0.328 e. The van der Waals surface area contributed by atoms with Gasteiger partial charge in [0.15, 0.2) is 0 Å². The molecule has 1 N–H and O–H groups in total. The number of nitrogens with zero attached hydrogens (tertiary/aromatic N) is 1. The van der Waals surface area contributed by atoms with Gasteiger partial charge in [-0.25, -0.2) is 13.2 Å². The van der Waals surface area contributed by atoms with E-state index in [0.29, 0.717) is 5.56 Å². The zero-order valence-corrected chi connectivity index (χ0v) is 22.1. The lowest BCUT2D eigenvalue weighted by atomic mass is 9.81. The van der Waals surface area contributed by atoms with Crippen molar-refractivity contribution >= 4 is 16.0 Å². The Morgan fingerprint density at radius 3 is 1.89 bits per heavy atom. The maximum absolute atomic E-state index is 14.5. The molecule has 0 aliphatic carbocycles. The highest BCUT2D eigenvalue weighted by atomic mass is 32.2. The number of benzene rings is 4. The fourth-order valence-corrected chi connectivity index (χ4v) is 7.04. The number of hydrogen-bond acceptors (Lipinski definition) is 5. The van der Waals surface area contributed by atoms with Crippen molar-refractivity contribution in [3.8, 4) is 0 Å². The fourth-order valence-electron chi connectivity index (χ4n) is 5.29. The van der Waals surface area contributed by atoms with Crippen LogP contribution in [0, 0.1) is 6.92 Å². The van der Waals surface area contributed by atoms with Crippen LogP contribution >= 0.6 is 0 Å². The van der Waals surface area contributed by atoms with Gasteiger partial charge in [-0.05, 0) is 35.7 Å². The molecule has 0 spiro atoms. The largest absolute Gasteiger partial charge is 0.468 e. The Balaban J connectivity index is 1.79. The van der Waals surface area contributed by atoms with Crippen LogP contribution in [-0.2, 0) is 26.0 Å². The normalized spacial score (nSPS) is 21.7. The quantitative estimate of drug-likeness (QED) is 0.336. The summed E-state index contributed by atoms with van der Waals surface area (Å²) in [4.78, 5) is 14.0. The van der Waals surface area contributed by atoms with Crippen molar-refractivity contribution in [2.45, 2.75) is 36.0 Å². The van der Waals surface area contributed by atoms with Crippen molar-refractivity contribution in [1.82, 2.24) is 9.62 Å². The molecule has 1 aliphatic heterocycles. The van der Waals surface area contributed by atoms with E-state index in [1.54, 1.807) is 24.3 Å². The van der Waals surface area contributed by atoms with E-state index >= 15 is 0 Å². The summed E-state index contributed by atoms with van der Waals surface area (Å²) in [7, 11) is -2.75. The molecule has 0 aromatic heterocycles. The first-order chi connectivity index (χ1) is 18.4. The average Bonchev–Trinajstić information content (AvgIpc) is 3.31. The maximum Gasteiger partial charge on any atom is 0.328 e. The molecule has 0 radical (unpaired) electrons. The van der Waals surface area contributed by atoms with Gasteiger partial charge in [-0.15, -0.1) is 0 Å². The Bertz CT molecular complexity index is 1490. The Labute approximate surface area is 223 Å². The predicted octanol–water partition coefficient (Wildman–Crippen LogP) is 5.18. The topological polar surface area (TPSA) is 75.7 Å². The maximum atomic E-state index is 14.5. The van der Waals surface area contributed by atoms with Gasteiger partial charge in [0.2, 0.25) is 10.0 Å². The van der Waals surface area contributed by atoms with Crippen LogP contribution in [0.4, 0.5) is 0 Å². The van der Waals surface area contributed by atoms with Crippen LogP contribution in [0.1, 0.15) is 34.5 Å². The zero-order chi connectivity index (χ0) is 26.8. The minimum atomic E-state index is -4.09. The number of ether oxygens (including phenoxy) is 1. The number of sulfonamides is 1. The number of rotatable bonds is 7. The van der Waals surface area contributed by atoms with Crippen LogP contribution in [0.3, 0.4) is 0 Å². The molecule has 1 heterocycles. The van der Waals surface area contributed by atoms with Crippen molar-refractivity contribution < 1.29 is 17.9 Å². The summed E-state index contributed by atoms with van der Waals surface area (Å²) < 4.78 is 35.8.